The van der Waals surface area contributed by atoms with Gasteiger partial charge in [-0.1, -0.05) is 340 Å². The van der Waals surface area contributed by atoms with Gasteiger partial charge in [0, 0.05) is 19.3 Å². The molecule has 0 aromatic rings. The van der Waals surface area contributed by atoms with Crippen LogP contribution in [-0.4, -0.2) is 37.2 Å². The monoisotopic (exact) mass is 1080 g/mol. The molecule has 0 bridgehead atoms. The summed E-state index contributed by atoms with van der Waals surface area (Å²) in [5.74, 6) is -0.847. The van der Waals surface area contributed by atoms with Crippen molar-refractivity contribution in [3.63, 3.8) is 0 Å². The van der Waals surface area contributed by atoms with Gasteiger partial charge in [0.25, 0.3) is 0 Å². The summed E-state index contributed by atoms with van der Waals surface area (Å²) in [5.41, 5.74) is 0. The summed E-state index contributed by atoms with van der Waals surface area (Å²) in [6.07, 6.45) is 81.6. The van der Waals surface area contributed by atoms with Gasteiger partial charge in [0.2, 0.25) is 0 Å². The molecule has 6 heteroatoms. The Morgan fingerprint density at radius 1 is 0.260 bits per heavy atom. The van der Waals surface area contributed by atoms with E-state index in [-0.39, 0.29) is 31.1 Å². The van der Waals surface area contributed by atoms with E-state index in [1.807, 2.05) is 0 Å². The van der Waals surface area contributed by atoms with Crippen LogP contribution < -0.4 is 0 Å². The topological polar surface area (TPSA) is 78.9 Å². The summed E-state index contributed by atoms with van der Waals surface area (Å²) in [4.78, 5) is 38.4. The molecule has 0 heterocycles. The third-order valence-electron chi connectivity index (χ3n) is 15.6. The van der Waals surface area contributed by atoms with Crippen molar-refractivity contribution in [1.82, 2.24) is 0 Å². The van der Waals surface area contributed by atoms with Crippen LogP contribution in [0.2, 0.25) is 0 Å². The fourth-order valence-corrected chi connectivity index (χ4v) is 10.5. The molecule has 452 valence electrons. The van der Waals surface area contributed by atoms with Crippen LogP contribution in [0.3, 0.4) is 0 Å². The number of carbonyl (C=O) groups is 3. The fourth-order valence-electron chi connectivity index (χ4n) is 10.5. The first kappa shape index (κ1) is 74.6. The highest BCUT2D eigenvalue weighted by Crippen LogP contribution is 2.18. The molecule has 0 amide bonds. The maximum absolute atomic E-state index is 12.9. The average molecular weight is 1080 g/mol. The van der Waals surface area contributed by atoms with Gasteiger partial charge in [0.05, 0.1) is 0 Å². The Labute approximate surface area is 480 Å². The smallest absolute Gasteiger partial charge is 0.306 e. The molecular weight excluding hydrogens is 949 g/mol. The molecule has 0 aromatic carbocycles. The molecule has 0 saturated carbocycles. The van der Waals surface area contributed by atoms with E-state index in [4.69, 9.17) is 14.2 Å². The molecule has 0 fully saturated rings. The Morgan fingerprint density at radius 2 is 0.468 bits per heavy atom. The van der Waals surface area contributed by atoms with Crippen LogP contribution in [0, 0.1) is 0 Å². The Hall–Kier alpha value is -2.37. The lowest BCUT2D eigenvalue weighted by Gasteiger charge is -2.18. The number of hydrogen-bond donors (Lipinski definition) is 0. The van der Waals surface area contributed by atoms with Crippen molar-refractivity contribution in [3.05, 3.63) is 36.5 Å². The van der Waals surface area contributed by atoms with Crippen molar-refractivity contribution < 1.29 is 28.6 Å². The van der Waals surface area contributed by atoms with E-state index in [1.165, 1.54) is 263 Å². The molecule has 0 aromatic heterocycles. The molecule has 1 atom stereocenters. The molecule has 0 radical (unpaired) electrons. The summed E-state index contributed by atoms with van der Waals surface area (Å²) < 4.78 is 17.0. The summed E-state index contributed by atoms with van der Waals surface area (Å²) in [7, 11) is 0. The second-order valence-corrected chi connectivity index (χ2v) is 23.5. The number of ether oxygens (including phenoxy) is 3. The van der Waals surface area contributed by atoms with Gasteiger partial charge >= 0.3 is 17.9 Å². The van der Waals surface area contributed by atoms with Gasteiger partial charge in [-0.3, -0.25) is 14.4 Å². The molecule has 0 rings (SSSR count). The molecule has 0 aliphatic carbocycles. The van der Waals surface area contributed by atoms with Crippen LogP contribution in [0.15, 0.2) is 36.5 Å². The molecular formula is C71H132O6. The van der Waals surface area contributed by atoms with Crippen molar-refractivity contribution in [1.29, 1.82) is 0 Å². The van der Waals surface area contributed by atoms with Gasteiger partial charge in [0.1, 0.15) is 13.2 Å². The van der Waals surface area contributed by atoms with Gasteiger partial charge in [0.15, 0.2) is 6.10 Å². The molecule has 1 unspecified atom stereocenters. The van der Waals surface area contributed by atoms with Gasteiger partial charge < -0.3 is 14.2 Å². The van der Waals surface area contributed by atoms with Gasteiger partial charge in [-0.25, -0.2) is 0 Å². The van der Waals surface area contributed by atoms with Crippen LogP contribution in [-0.2, 0) is 28.6 Å². The average Bonchev–Trinajstić information content (AvgIpc) is 3.43. The number of allylic oxidation sites excluding steroid dienone is 6. The van der Waals surface area contributed by atoms with Crippen LogP contribution in [0.25, 0.3) is 0 Å². The predicted octanol–water partition coefficient (Wildman–Crippen LogP) is 23.6. The Balaban J connectivity index is 4.27. The normalized spacial score (nSPS) is 12.2. The van der Waals surface area contributed by atoms with Crippen LogP contribution in [0.4, 0.5) is 0 Å². The van der Waals surface area contributed by atoms with Gasteiger partial charge in [-0.05, 0) is 57.8 Å². The van der Waals surface area contributed by atoms with Crippen molar-refractivity contribution in [2.24, 2.45) is 0 Å². The minimum atomic E-state index is -0.772. The van der Waals surface area contributed by atoms with E-state index in [1.54, 1.807) is 0 Å². The van der Waals surface area contributed by atoms with E-state index in [2.05, 4.69) is 57.2 Å². The molecule has 0 spiro atoms. The maximum atomic E-state index is 12.9. The largest absolute Gasteiger partial charge is 0.462 e. The molecule has 0 aliphatic rings. The third-order valence-corrected chi connectivity index (χ3v) is 15.6. The second kappa shape index (κ2) is 66.1. The Bertz CT molecular complexity index is 1290. The first-order valence-electron chi connectivity index (χ1n) is 34.5. The lowest BCUT2D eigenvalue weighted by Crippen LogP contribution is -2.30. The number of esters is 3. The van der Waals surface area contributed by atoms with Crippen molar-refractivity contribution in [3.8, 4) is 0 Å². The van der Waals surface area contributed by atoms with Crippen LogP contribution >= 0.6 is 0 Å². The zero-order valence-corrected chi connectivity index (χ0v) is 52.0. The third kappa shape index (κ3) is 64.3. The van der Waals surface area contributed by atoms with Crippen LogP contribution in [0.1, 0.15) is 380 Å². The summed E-state index contributed by atoms with van der Waals surface area (Å²) in [5, 5.41) is 0. The predicted molar refractivity (Wildman–Crippen MR) is 335 cm³/mol. The van der Waals surface area contributed by atoms with Gasteiger partial charge in [-0.15, -0.1) is 0 Å². The molecule has 0 N–H and O–H groups in total. The van der Waals surface area contributed by atoms with E-state index < -0.39 is 6.10 Å². The van der Waals surface area contributed by atoms with Gasteiger partial charge in [-0.2, -0.15) is 0 Å². The number of unbranched alkanes of at least 4 members (excludes halogenated alkanes) is 47. The minimum absolute atomic E-state index is 0.0687. The Kier molecular flexibility index (Phi) is 64.1. The quantitative estimate of drug-likeness (QED) is 0.0261. The SMILES string of the molecule is CCCCCCC/C=C\C/C=C\C/C=C\CCCCCCCCCCC(=O)OCC(COC(=O)CCCCCCCCCCCCCCC)OC(=O)CCCCCCCCCCCCCCCCCCCCCCCCC. The minimum Gasteiger partial charge on any atom is -0.462 e. The first-order valence-corrected chi connectivity index (χ1v) is 34.5. The summed E-state index contributed by atoms with van der Waals surface area (Å²) in [6, 6.07) is 0. The zero-order valence-electron chi connectivity index (χ0n) is 52.0. The van der Waals surface area contributed by atoms with Crippen LogP contribution in [0.5, 0.6) is 0 Å². The number of carbonyl (C=O) groups excluding carboxylic acids is 3. The number of rotatable bonds is 64. The molecule has 0 aliphatic heterocycles. The van der Waals surface area contributed by atoms with E-state index in [0.29, 0.717) is 19.3 Å². The highest BCUT2D eigenvalue weighted by Gasteiger charge is 2.19. The molecule has 0 saturated heterocycles. The van der Waals surface area contributed by atoms with E-state index in [9.17, 15) is 14.4 Å². The van der Waals surface area contributed by atoms with Crippen molar-refractivity contribution in [2.75, 3.05) is 13.2 Å². The second-order valence-electron chi connectivity index (χ2n) is 23.5. The first-order chi connectivity index (χ1) is 38.0. The summed E-state index contributed by atoms with van der Waals surface area (Å²) in [6.45, 7) is 6.69. The van der Waals surface area contributed by atoms with Crippen molar-refractivity contribution in [2.45, 2.75) is 386 Å². The zero-order chi connectivity index (χ0) is 55.7. The van der Waals surface area contributed by atoms with E-state index in [0.717, 1.165) is 77.0 Å². The van der Waals surface area contributed by atoms with Crippen molar-refractivity contribution >= 4 is 17.9 Å². The lowest BCUT2D eigenvalue weighted by molar-refractivity contribution is -0.167. The molecule has 6 nitrogen and oxygen atoms in total. The number of hydrogen-bond acceptors (Lipinski definition) is 6. The lowest BCUT2D eigenvalue weighted by atomic mass is 10.0. The van der Waals surface area contributed by atoms with E-state index >= 15 is 0 Å². The highest BCUT2D eigenvalue weighted by atomic mass is 16.6. The summed E-state index contributed by atoms with van der Waals surface area (Å²) >= 11 is 0. The standard InChI is InChI=1S/C71H132O6/c1-4-7-10-13-16-19-22-25-27-29-31-33-35-37-39-41-43-46-49-52-55-58-61-64-70(73)76-67-68(66-75-69(72)63-60-57-54-51-48-45-24-21-18-15-12-9-6-3)77-71(74)65-62-59-56-53-50-47-44-42-40-38-36-34-32-30-28-26-23-20-17-14-11-8-5-2/h22,25,29,31,35,37,68H,4-21,23-24,26-28,30,32-34,36,38-67H2,1-3H3/b25-22-,31-29-,37-35-. The molecule has 77 heavy (non-hydrogen) atoms. The Morgan fingerprint density at radius 3 is 0.727 bits per heavy atom. The maximum Gasteiger partial charge on any atom is 0.306 e. The fraction of sp³-hybridized carbons (Fsp3) is 0.873. The highest BCUT2D eigenvalue weighted by molar-refractivity contribution is 5.71.